The first-order valence-electron chi connectivity index (χ1n) is 8.55. The van der Waals surface area contributed by atoms with Crippen LogP contribution in [0.25, 0.3) is 0 Å². The zero-order chi connectivity index (χ0) is 19.1. The Hall–Kier alpha value is -2.44. The highest BCUT2D eigenvalue weighted by molar-refractivity contribution is 9.10. The summed E-state index contributed by atoms with van der Waals surface area (Å²) in [5.41, 5.74) is 1.60. The number of rotatable bonds is 7. The molecule has 0 saturated heterocycles. The van der Waals surface area contributed by atoms with E-state index in [0.29, 0.717) is 5.56 Å². The maximum absolute atomic E-state index is 12.4. The van der Waals surface area contributed by atoms with Gasteiger partial charge in [-0.15, -0.1) is 11.3 Å². The molecule has 3 aromatic rings. The van der Waals surface area contributed by atoms with E-state index in [1.165, 1.54) is 0 Å². The summed E-state index contributed by atoms with van der Waals surface area (Å²) in [6, 6.07) is 20.8. The molecule has 1 atom stereocenters. The second-order valence-corrected chi connectivity index (χ2v) is 7.83. The SMILES string of the molecule is O=C(CCNC(=O)c1ccc(Br)cc1)NC(c1ccccc1)c1cccs1. The molecule has 1 heterocycles. The summed E-state index contributed by atoms with van der Waals surface area (Å²) >= 11 is 4.95. The second-order valence-electron chi connectivity index (χ2n) is 5.94. The summed E-state index contributed by atoms with van der Waals surface area (Å²) in [5.74, 6) is -0.290. The van der Waals surface area contributed by atoms with E-state index in [2.05, 4.69) is 26.6 Å². The van der Waals surface area contributed by atoms with E-state index in [0.717, 1.165) is 14.9 Å². The Morgan fingerprint density at radius 1 is 0.963 bits per heavy atom. The maximum atomic E-state index is 12.4. The van der Waals surface area contributed by atoms with Crippen LogP contribution in [0.5, 0.6) is 0 Å². The van der Waals surface area contributed by atoms with Crippen LogP contribution < -0.4 is 10.6 Å². The molecular weight excluding hydrogens is 424 g/mol. The highest BCUT2D eigenvalue weighted by Gasteiger charge is 2.17. The third-order valence-corrected chi connectivity index (χ3v) is 5.48. The molecule has 4 nitrogen and oxygen atoms in total. The summed E-state index contributed by atoms with van der Waals surface area (Å²) < 4.78 is 0.916. The van der Waals surface area contributed by atoms with Gasteiger partial charge in [-0.25, -0.2) is 0 Å². The van der Waals surface area contributed by atoms with Gasteiger partial charge in [0.15, 0.2) is 0 Å². The lowest BCUT2D eigenvalue weighted by molar-refractivity contribution is -0.121. The molecule has 0 aliphatic carbocycles. The number of hydrogen-bond donors (Lipinski definition) is 2. The Balaban J connectivity index is 1.55. The average molecular weight is 443 g/mol. The minimum atomic E-state index is -0.187. The lowest BCUT2D eigenvalue weighted by atomic mass is 10.1. The number of hydrogen-bond acceptors (Lipinski definition) is 3. The van der Waals surface area contributed by atoms with Gasteiger partial charge in [0.2, 0.25) is 5.91 Å². The highest BCUT2D eigenvalue weighted by atomic mass is 79.9. The van der Waals surface area contributed by atoms with Crippen molar-refractivity contribution >= 4 is 39.1 Å². The number of halogens is 1. The molecule has 0 aliphatic rings. The average Bonchev–Trinajstić information content (AvgIpc) is 3.22. The fraction of sp³-hybridized carbons (Fsp3) is 0.143. The number of thiophene rings is 1. The minimum absolute atomic E-state index is 0.103. The number of amides is 2. The van der Waals surface area contributed by atoms with Crippen LogP contribution >= 0.6 is 27.3 Å². The smallest absolute Gasteiger partial charge is 0.251 e. The Bertz CT molecular complexity index is 880. The van der Waals surface area contributed by atoms with E-state index < -0.39 is 0 Å². The van der Waals surface area contributed by atoms with E-state index >= 15 is 0 Å². The van der Waals surface area contributed by atoms with Crippen molar-refractivity contribution in [1.82, 2.24) is 10.6 Å². The van der Waals surface area contributed by atoms with Gasteiger partial charge in [-0.1, -0.05) is 52.3 Å². The third kappa shape index (κ3) is 5.52. The molecule has 27 heavy (non-hydrogen) atoms. The van der Waals surface area contributed by atoms with Crippen LogP contribution in [0.4, 0.5) is 0 Å². The predicted octanol–water partition coefficient (Wildman–Crippen LogP) is 4.54. The number of carbonyl (C=O) groups is 2. The summed E-state index contributed by atoms with van der Waals surface area (Å²) in [5, 5.41) is 7.85. The van der Waals surface area contributed by atoms with Gasteiger partial charge in [-0.3, -0.25) is 9.59 Å². The summed E-state index contributed by atoms with van der Waals surface area (Å²) in [6.07, 6.45) is 0.219. The van der Waals surface area contributed by atoms with Crippen LogP contribution in [0.15, 0.2) is 76.6 Å². The Kier molecular flexibility index (Phi) is 6.79. The maximum Gasteiger partial charge on any atom is 0.251 e. The van der Waals surface area contributed by atoms with Crippen LogP contribution in [-0.4, -0.2) is 18.4 Å². The van der Waals surface area contributed by atoms with Gasteiger partial charge in [-0.2, -0.15) is 0 Å². The molecule has 0 spiro atoms. The fourth-order valence-electron chi connectivity index (χ4n) is 2.65. The first kappa shape index (κ1) is 19.3. The normalized spacial score (nSPS) is 11.6. The second kappa shape index (κ2) is 9.48. The van der Waals surface area contributed by atoms with Crippen LogP contribution in [-0.2, 0) is 4.79 Å². The van der Waals surface area contributed by atoms with Crippen molar-refractivity contribution in [1.29, 1.82) is 0 Å². The zero-order valence-electron chi connectivity index (χ0n) is 14.5. The van der Waals surface area contributed by atoms with Crippen molar-refractivity contribution in [3.05, 3.63) is 92.6 Å². The molecule has 2 aromatic carbocycles. The van der Waals surface area contributed by atoms with Crippen molar-refractivity contribution < 1.29 is 9.59 Å². The summed E-state index contributed by atoms with van der Waals surface area (Å²) in [7, 11) is 0. The molecule has 0 fully saturated rings. The summed E-state index contributed by atoms with van der Waals surface area (Å²) in [6.45, 7) is 0.284. The fourth-order valence-corrected chi connectivity index (χ4v) is 3.71. The number of benzene rings is 2. The molecule has 2 N–H and O–H groups in total. The standard InChI is InChI=1S/C21H19BrN2O2S/c22-17-10-8-16(9-11-17)21(26)23-13-12-19(25)24-20(18-7-4-14-27-18)15-5-2-1-3-6-15/h1-11,14,20H,12-13H2,(H,23,26)(H,24,25). The van der Waals surface area contributed by atoms with Gasteiger partial charge in [0, 0.05) is 27.9 Å². The van der Waals surface area contributed by atoms with Gasteiger partial charge in [0.25, 0.3) is 5.91 Å². The lowest BCUT2D eigenvalue weighted by Crippen LogP contribution is -2.33. The van der Waals surface area contributed by atoms with Gasteiger partial charge in [0.1, 0.15) is 0 Å². The molecule has 2 amide bonds. The molecule has 0 saturated carbocycles. The Morgan fingerprint density at radius 2 is 1.70 bits per heavy atom. The van der Waals surface area contributed by atoms with E-state index in [4.69, 9.17) is 0 Å². The van der Waals surface area contributed by atoms with Gasteiger partial charge < -0.3 is 10.6 Å². The monoisotopic (exact) mass is 442 g/mol. The molecule has 1 aromatic heterocycles. The molecule has 0 bridgehead atoms. The van der Waals surface area contributed by atoms with Gasteiger partial charge in [-0.05, 0) is 41.3 Å². The van der Waals surface area contributed by atoms with E-state index in [1.807, 2.05) is 60.0 Å². The van der Waals surface area contributed by atoms with Crippen molar-refractivity contribution in [3.63, 3.8) is 0 Å². The van der Waals surface area contributed by atoms with Gasteiger partial charge in [0.05, 0.1) is 6.04 Å². The molecule has 1 unspecified atom stereocenters. The number of nitrogens with one attached hydrogen (secondary N) is 2. The lowest BCUT2D eigenvalue weighted by Gasteiger charge is -2.18. The van der Waals surface area contributed by atoms with Crippen LogP contribution in [0, 0.1) is 0 Å². The third-order valence-electron chi connectivity index (χ3n) is 4.01. The van der Waals surface area contributed by atoms with E-state index in [1.54, 1.807) is 23.5 Å². The first-order chi connectivity index (χ1) is 13.1. The van der Waals surface area contributed by atoms with E-state index in [9.17, 15) is 9.59 Å². The number of carbonyl (C=O) groups excluding carboxylic acids is 2. The molecule has 6 heteroatoms. The van der Waals surface area contributed by atoms with Crippen molar-refractivity contribution in [3.8, 4) is 0 Å². The molecule has 138 valence electrons. The molecule has 3 rings (SSSR count). The Morgan fingerprint density at radius 3 is 2.37 bits per heavy atom. The van der Waals surface area contributed by atoms with Crippen molar-refractivity contribution in [2.24, 2.45) is 0 Å². The molecular formula is C21H19BrN2O2S. The Labute approximate surface area is 170 Å². The van der Waals surface area contributed by atoms with Crippen LogP contribution in [0.1, 0.15) is 33.3 Å². The van der Waals surface area contributed by atoms with E-state index in [-0.39, 0.29) is 30.8 Å². The van der Waals surface area contributed by atoms with Crippen molar-refractivity contribution in [2.45, 2.75) is 12.5 Å². The minimum Gasteiger partial charge on any atom is -0.352 e. The quantitative estimate of drug-likeness (QED) is 0.564. The van der Waals surface area contributed by atoms with Crippen LogP contribution in [0.2, 0.25) is 0 Å². The largest absolute Gasteiger partial charge is 0.352 e. The molecule has 0 radical (unpaired) electrons. The van der Waals surface area contributed by atoms with Crippen molar-refractivity contribution in [2.75, 3.05) is 6.54 Å². The van der Waals surface area contributed by atoms with Crippen LogP contribution in [0.3, 0.4) is 0 Å². The zero-order valence-corrected chi connectivity index (χ0v) is 16.9. The van der Waals surface area contributed by atoms with Gasteiger partial charge >= 0.3 is 0 Å². The topological polar surface area (TPSA) is 58.2 Å². The highest BCUT2D eigenvalue weighted by Crippen LogP contribution is 2.25. The summed E-state index contributed by atoms with van der Waals surface area (Å²) in [4.78, 5) is 25.6. The first-order valence-corrected chi connectivity index (χ1v) is 10.2. The molecule has 0 aliphatic heterocycles. The predicted molar refractivity (Wildman–Crippen MR) is 112 cm³/mol.